The Balaban J connectivity index is 0.00000225. The first-order valence-electron chi connectivity index (χ1n) is 5.57. The summed E-state index contributed by atoms with van der Waals surface area (Å²) in [4.78, 5) is 13.5. The number of ether oxygens (including phenoxy) is 1. The van der Waals surface area contributed by atoms with E-state index in [0.29, 0.717) is 6.54 Å². The van der Waals surface area contributed by atoms with Crippen LogP contribution in [0.25, 0.3) is 0 Å². The maximum absolute atomic E-state index is 11.8. The molecule has 1 saturated heterocycles. The van der Waals surface area contributed by atoms with Crippen LogP contribution in [-0.2, 0) is 9.53 Å². The highest BCUT2D eigenvalue weighted by molar-refractivity contribution is 5.85. The lowest BCUT2D eigenvalue weighted by Gasteiger charge is -2.31. The second-order valence-electron chi connectivity index (χ2n) is 4.90. The van der Waals surface area contributed by atoms with Crippen molar-refractivity contribution in [2.24, 2.45) is 5.73 Å². The van der Waals surface area contributed by atoms with Gasteiger partial charge in [0.05, 0.1) is 11.6 Å². The Hall–Kier alpha value is -0.320. The quantitative estimate of drug-likeness (QED) is 0.818. The number of halogens is 1. The fourth-order valence-electron chi connectivity index (χ4n) is 1.83. The average molecular weight is 251 g/mol. The Kier molecular flexibility index (Phi) is 6.30. The van der Waals surface area contributed by atoms with Crippen molar-refractivity contribution in [3.05, 3.63) is 0 Å². The third-order valence-electron chi connectivity index (χ3n) is 2.65. The molecule has 1 aliphatic heterocycles. The molecule has 2 N–H and O–H groups in total. The molecule has 1 aliphatic rings. The molecule has 1 heterocycles. The van der Waals surface area contributed by atoms with Gasteiger partial charge in [-0.2, -0.15) is 0 Å². The first-order valence-corrected chi connectivity index (χ1v) is 5.57. The summed E-state index contributed by atoms with van der Waals surface area (Å²) in [5, 5.41) is 0. The molecule has 0 aromatic carbocycles. The number of carbonyl (C=O) groups is 1. The zero-order valence-corrected chi connectivity index (χ0v) is 11.2. The number of carbonyl (C=O) groups excluding carboxylic acids is 1. The predicted molar refractivity (Wildman–Crippen MR) is 66.7 cm³/mol. The highest BCUT2D eigenvalue weighted by atomic mass is 35.5. The SMILES string of the molecule is CN(CC1CCCCO1)C(=O)C(C)(C)N.Cl. The number of hydrogen-bond acceptors (Lipinski definition) is 3. The number of rotatable bonds is 3. The van der Waals surface area contributed by atoms with Gasteiger partial charge in [0, 0.05) is 20.2 Å². The van der Waals surface area contributed by atoms with E-state index >= 15 is 0 Å². The average Bonchev–Trinajstić information content (AvgIpc) is 2.16. The van der Waals surface area contributed by atoms with Crippen LogP contribution in [-0.4, -0.2) is 42.6 Å². The number of amides is 1. The summed E-state index contributed by atoms with van der Waals surface area (Å²) in [6.45, 7) is 4.93. The van der Waals surface area contributed by atoms with Gasteiger partial charge in [0.1, 0.15) is 0 Å². The van der Waals surface area contributed by atoms with Crippen molar-refractivity contribution in [3.63, 3.8) is 0 Å². The molecule has 0 spiro atoms. The van der Waals surface area contributed by atoms with Gasteiger partial charge in [0.2, 0.25) is 5.91 Å². The summed E-state index contributed by atoms with van der Waals surface area (Å²) >= 11 is 0. The number of hydrogen-bond donors (Lipinski definition) is 1. The first-order chi connectivity index (χ1) is 6.91. The van der Waals surface area contributed by atoms with Crippen molar-refractivity contribution < 1.29 is 9.53 Å². The molecule has 0 aromatic rings. The zero-order valence-electron chi connectivity index (χ0n) is 10.4. The number of likely N-dealkylation sites (N-methyl/N-ethyl adjacent to an activating group) is 1. The summed E-state index contributed by atoms with van der Waals surface area (Å²) in [6.07, 6.45) is 3.56. The molecule has 1 unspecified atom stereocenters. The van der Waals surface area contributed by atoms with Crippen LogP contribution in [0.5, 0.6) is 0 Å². The van der Waals surface area contributed by atoms with Crippen molar-refractivity contribution in [3.8, 4) is 0 Å². The van der Waals surface area contributed by atoms with Crippen LogP contribution >= 0.6 is 12.4 Å². The molecule has 1 atom stereocenters. The molecule has 0 saturated carbocycles. The second kappa shape index (κ2) is 6.42. The Morgan fingerprint density at radius 3 is 2.56 bits per heavy atom. The van der Waals surface area contributed by atoms with Crippen molar-refractivity contribution in [1.82, 2.24) is 4.90 Å². The van der Waals surface area contributed by atoms with Crippen molar-refractivity contribution in [2.75, 3.05) is 20.2 Å². The molecule has 5 heteroatoms. The molecule has 0 bridgehead atoms. The van der Waals surface area contributed by atoms with Gasteiger partial charge >= 0.3 is 0 Å². The van der Waals surface area contributed by atoms with Crippen LogP contribution in [0.4, 0.5) is 0 Å². The van der Waals surface area contributed by atoms with Crippen LogP contribution in [0.1, 0.15) is 33.1 Å². The minimum atomic E-state index is -0.788. The van der Waals surface area contributed by atoms with Crippen LogP contribution in [0.3, 0.4) is 0 Å². The van der Waals surface area contributed by atoms with Crippen molar-refractivity contribution >= 4 is 18.3 Å². The second-order valence-corrected chi connectivity index (χ2v) is 4.90. The van der Waals surface area contributed by atoms with E-state index in [1.54, 1.807) is 25.8 Å². The van der Waals surface area contributed by atoms with Gasteiger partial charge in [0.15, 0.2) is 0 Å². The van der Waals surface area contributed by atoms with Crippen molar-refractivity contribution in [1.29, 1.82) is 0 Å². The first kappa shape index (κ1) is 15.7. The van der Waals surface area contributed by atoms with Crippen molar-refractivity contribution in [2.45, 2.75) is 44.8 Å². The van der Waals surface area contributed by atoms with Gasteiger partial charge in [-0.3, -0.25) is 4.79 Å². The van der Waals surface area contributed by atoms with E-state index in [0.717, 1.165) is 19.4 Å². The molecule has 96 valence electrons. The summed E-state index contributed by atoms with van der Waals surface area (Å²) in [5.74, 6) is -0.0309. The molecule has 0 radical (unpaired) electrons. The summed E-state index contributed by atoms with van der Waals surface area (Å²) in [7, 11) is 1.79. The molecule has 1 amide bonds. The monoisotopic (exact) mass is 250 g/mol. The molecule has 0 aromatic heterocycles. The van der Waals surface area contributed by atoms with E-state index < -0.39 is 5.54 Å². The standard InChI is InChI=1S/C11H22N2O2.ClH/c1-11(2,12)10(14)13(3)8-9-6-4-5-7-15-9;/h9H,4-8,12H2,1-3H3;1H. The summed E-state index contributed by atoms with van der Waals surface area (Å²) in [6, 6.07) is 0. The molecule has 1 fully saturated rings. The summed E-state index contributed by atoms with van der Waals surface area (Å²) < 4.78 is 5.58. The fraction of sp³-hybridized carbons (Fsp3) is 0.909. The Labute approximate surface area is 104 Å². The predicted octanol–water partition coefficient (Wildman–Crippen LogP) is 1.17. The maximum Gasteiger partial charge on any atom is 0.241 e. The minimum Gasteiger partial charge on any atom is -0.376 e. The Bertz CT molecular complexity index is 223. The van der Waals surface area contributed by atoms with Crippen LogP contribution < -0.4 is 5.73 Å². The lowest BCUT2D eigenvalue weighted by atomic mass is 10.0. The van der Waals surface area contributed by atoms with E-state index in [1.165, 1.54) is 6.42 Å². The maximum atomic E-state index is 11.8. The smallest absolute Gasteiger partial charge is 0.241 e. The zero-order chi connectivity index (χ0) is 11.5. The minimum absolute atomic E-state index is 0. The fourth-order valence-corrected chi connectivity index (χ4v) is 1.83. The lowest BCUT2D eigenvalue weighted by Crippen LogP contribution is -2.51. The van der Waals surface area contributed by atoms with Crippen LogP contribution in [0.15, 0.2) is 0 Å². The van der Waals surface area contributed by atoms with E-state index in [1.807, 2.05) is 0 Å². The number of nitrogens with zero attached hydrogens (tertiary/aromatic N) is 1. The van der Waals surface area contributed by atoms with E-state index in [9.17, 15) is 4.79 Å². The highest BCUT2D eigenvalue weighted by Gasteiger charge is 2.27. The third kappa shape index (κ3) is 4.68. The van der Waals surface area contributed by atoms with Gasteiger partial charge in [-0.1, -0.05) is 0 Å². The van der Waals surface area contributed by atoms with Gasteiger partial charge in [-0.25, -0.2) is 0 Å². The normalized spacial score (nSPS) is 21.1. The Morgan fingerprint density at radius 2 is 2.12 bits per heavy atom. The van der Waals surface area contributed by atoms with E-state index in [-0.39, 0.29) is 24.4 Å². The third-order valence-corrected chi connectivity index (χ3v) is 2.65. The van der Waals surface area contributed by atoms with Crippen LogP contribution in [0, 0.1) is 0 Å². The van der Waals surface area contributed by atoms with Crippen LogP contribution in [0.2, 0.25) is 0 Å². The largest absolute Gasteiger partial charge is 0.376 e. The van der Waals surface area contributed by atoms with E-state index in [2.05, 4.69) is 0 Å². The van der Waals surface area contributed by atoms with E-state index in [4.69, 9.17) is 10.5 Å². The summed E-state index contributed by atoms with van der Waals surface area (Å²) in [5.41, 5.74) is 4.96. The number of nitrogens with two attached hydrogens (primary N) is 1. The molecule has 1 rings (SSSR count). The molecule has 4 nitrogen and oxygen atoms in total. The van der Waals surface area contributed by atoms with Gasteiger partial charge in [-0.15, -0.1) is 12.4 Å². The molecular weight excluding hydrogens is 228 g/mol. The van der Waals surface area contributed by atoms with Gasteiger partial charge < -0.3 is 15.4 Å². The van der Waals surface area contributed by atoms with Gasteiger partial charge in [0.25, 0.3) is 0 Å². The lowest BCUT2D eigenvalue weighted by molar-refractivity contribution is -0.136. The molecule has 0 aliphatic carbocycles. The topological polar surface area (TPSA) is 55.6 Å². The molecule has 16 heavy (non-hydrogen) atoms. The Morgan fingerprint density at radius 1 is 1.50 bits per heavy atom. The van der Waals surface area contributed by atoms with Gasteiger partial charge in [-0.05, 0) is 33.1 Å². The molecular formula is C11H23ClN2O2. The highest BCUT2D eigenvalue weighted by Crippen LogP contribution is 2.14.